The Morgan fingerprint density at radius 2 is 1.55 bits per heavy atom. The molecule has 0 saturated carbocycles. The molecular weight excluding hydrogens is 358 g/mol. The lowest BCUT2D eigenvalue weighted by Crippen LogP contribution is -2.26. The van der Waals surface area contributed by atoms with Crippen molar-refractivity contribution in [3.8, 4) is 0 Å². The molecule has 0 radical (unpaired) electrons. The number of rotatable bonds is 5. The Bertz CT molecular complexity index is 1040. The first kappa shape index (κ1) is 19.2. The maximum atomic E-state index is 4.87. The lowest BCUT2D eigenvalue weighted by Gasteiger charge is -2.24. The highest BCUT2D eigenvalue weighted by molar-refractivity contribution is 5.62. The molecule has 3 aromatic rings. The average molecular weight is 388 g/mol. The lowest BCUT2D eigenvalue weighted by atomic mass is 10.0. The van der Waals surface area contributed by atoms with Gasteiger partial charge in [0.1, 0.15) is 0 Å². The van der Waals surface area contributed by atoms with Crippen molar-refractivity contribution in [3.63, 3.8) is 0 Å². The molecule has 1 aliphatic heterocycles. The molecule has 0 spiro atoms. The Hall–Kier alpha value is -3.08. The fourth-order valence-corrected chi connectivity index (χ4v) is 4.24. The highest BCUT2D eigenvalue weighted by atomic mass is 15.3. The molecule has 5 nitrogen and oxygen atoms in total. The maximum Gasteiger partial charge on any atom is 0.0946 e. The first-order chi connectivity index (χ1) is 13.9. The average Bonchev–Trinajstić information content (AvgIpc) is 3.20. The number of nitrogens with zero attached hydrogens (tertiary/aromatic N) is 5. The monoisotopic (exact) mass is 387 g/mol. The smallest absolute Gasteiger partial charge is 0.0946 e. The summed E-state index contributed by atoms with van der Waals surface area (Å²) in [6.07, 6.45) is 4.33. The van der Waals surface area contributed by atoms with Crippen LogP contribution in [-0.4, -0.2) is 26.3 Å². The summed E-state index contributed by atoms with van der Waals surface area (Å²) in [4.78, 5) is 9.49. The summed E-state index contributed by atoms with van der Waals surface area (Å²) in [6, 6.07) is 12.9. The van der Waals surface area contributed by atoms with E-state index in [9.17, 15) is 0 Å². The predicted octanol–water partition coefficient (Wildman–Crippen LogP) is 4.62. The van der Waals surface area contributed by atoms with Gasteiger partial charge in [-0.3, -0.25) is 9.67 Å². The highest BCUT2D eigenvalue weighted by Crippen LogP contribution is 2.29. The zero-order valence-electron chi connectivity index (χ0n) is 18.0. The van der Waals surface area contributed by atoms with Crippen LogP contribution in [0.5, 0.6) is 0 Å². The van der Waals surface area contributed by atoms with Gasteiger partial charge in [-0.25, -0.2) is 0 Å². The predicted molar refractivity (Wildman–Crippen MR) is 118 cm³/mol. The summed E-state index contributed by atoms with van der Waals surface area (Å²) in [6.45, 7) is 13.0. The number of aromatic nitrogens is 3. The molecule has 0 amide bonds. The van der Waals surface area contributed by atoms with Gasteiger partial charge in [0, 0.05) is 23.8 Å². The van der Waals surface area contributed by atoms with E-state index in [0.717, 1.165) is 36.0 Å². The third kappa shape index (κ3) is 4.19. The van der Waals surface area contributed by atoms with Crippen LogP contribution in [0.4, 0.5) is 5.69 Å². The van der Waals surface area contributed by atoms with E-state index in [1.165, 1.54) is 22.4 Å². The van der Waals surface area contributed by atoms with E-state index in [4.69, 9.17) is 4.98 Å². The number of pyridine rings is 1. The Kier molecular flexibility index (Phi) is 5.14. The summed E-state index contributed by atoms with van der Waals surface area (Å²) >= 11 is 0. The Morgan fingerprint density at radius 3 is 2.21 bits per heavy atom. The zero-order chi connectivity index (χ0) is 20.5. The quantitative estimate of drug-likeness (QED) is 0.640. The number of hydrogen-bond donors (Lipinski definition) is 0. The van der Waals surface area contributed by atoms with Crippen molar-refractivity contribution >= 4 is 5.69 Å². The van der Waals surface area contributed by atoms with E-state index >= 15 is 0 Å². The largest absolute Gasteiger partial charge is 0.352 e. The van der Waals surface area contributed by atoms with E-state index in [2.05, 4.69) is 91.4 Å². The molecule has 0 atom stereocenters. The van der Waals surface area contributed by atoms with Crippen molar-refractivity contribution in [3.05, 3.63) is 88.3 Å². The van der Waals surface area contributed by atoms with Crippen LogP contribution in [0.25, 0.3) is 0 Å². The number of anilines is 1. The Balaban J connectivity index is 1.45. The van der Waals surface area contributed by atoms with Gasteiger partial charge in [0.2, 0.25) is 0 Å². The molecule has 5 heteroatoms. The second kappa shape index (κ2) is 7.74. The van der Waals surface area contributed by atoms with Gasteiger partial charge in [0.25, 0.3) is 0 Å². The van der Waals surface area contributed by atoms with Crippen LogP contribution in [0.1, 0.15) is 39.5 Å². The minimum absolute atomic E-state index is 0.706. The molecule has 150 valence electrons. The van der Waals surface area contributed by atoms with Gasteiger partial charge in [0.05, 0.1) is 36.8 Å². The van der Waals surface area contributed by atoms with Gasteiger partial charge in [-0.05, 0) is 63.9 Å². The minimum Gasteiger partial charge on any atom is -0.352 e. The second-order valence-corrected chi connectivity index (χ2v) is 8.11. The molecule has 3 heterocycles. The molecule has 0 N–H and O–H groups in total. The van der Waals surface area contributed by atoms with E-state index in [-0.39, 0.29) is 0 Å². The minimum atomic E-state index is 0.706. The molecule has 4 rings (SSSR count). The van der Waals surface area contributed by atoms with Gasteiger partial charge in [0.15, 0.2) is 0 Å². The van der Waals surface area contributed by atoms with Crippen molar-refractivity contribution in [1.82, 2.24) is 19.7 Å². The van der Waals surface area contributed by atoms with Crippen LogP contribution >= 0.6 is 0 Å². The Labute approximate surface area is 173 Å². The van der Waals surface area contributed by atoms with Crippen LogP contribution in [-0.2, 0) is 13.1 Å². The van der Waals surface area contributed by atoms with E-state index in [1.54, 1.807) is 0 Å². The number of aryl methyl sites for hydroxylation is 5. The molecular formula is C24H29N5. The molecule has 2 aromatic heterocycles. The van der Waals surface area contributed by atoms with Crippen LogP contribution in [0, 0.1) is 34.6 Å². The van der Waals surface area contributed by atoms with Crippen LogP contribution < -0.4 is 4.90 Å². The summed E-state index contributed by atoms with van der Waals surface area (Å²) in [5, 5.41) is 4.55. The van der Waals surface area contributed by atoms with Crippen molar-refractivity contribution in [2.45, 2.75) is 47.7 Å². The molecule has 0 fully saturated rings. The first-order valence-corrected chi connectivity index (χ1v) is 10.1. The van der Waals surface area contributed by atoms with Gasteiger partial charge < -0.3 is 9.80 Å². The summed E-state index contributed by atoms with van der Waals surface area (Å²) in [5.41, 5.74) is 9.58. The summed E-state index contributed by atoms with van der Waals surface area (Å²) in [7, 11) is 0. The third-order valence-corrected chi connectivity index (χ3v) is 5.36. The number of hydrogen-bond acceptors (Lipinski definition) is 4. The molecule has 1 aromatic carbocycles. The molecule has 0 aliphatic carbocycles. The standard InChI is InChI=1S/C24H29N5/c1-17-11-18(2)24(19(3)12-17)28-10-9-27(16-28)14-22-7-6-8-23(25-22)15-29-21(5)13-20(4)26-29/h6-13H,14-16H2,1-5H3. The van der Waals surface area contributed by atoms with E-state index < -0.39 is 0 Å². The van der Waals surface area contributed by atoms with Crippen molar-refractivity contribution in [2.75, 3.05) is 11.6 Å². The fourth-order valence-electron chi connectivity index (χ4n) is 4.24. The molecule has 29 heavy (non-hydrogen) atoms. The number of benzene rings is 1. The third-order valence-electron chi connectivity index (χ3n) is 5.36. The summed E-state index contributed by atoms with van der Waals surface area (Å²) in [5.74, 6) is 0. The molecule has 0 unspecified atom stereocenters. The Morgan fingerprint density at radius 1 is 0.862 bits per heavy atom. The zero-order valence-corrected chi connectivity index (χ0v) is 18.0. The van der Waals surface area contributed by atoms with Gasteiger partial charge in [-0.2, -0.15) is 5.10 Å². The highest BCUT2D eigenvalue weighted by Gasteiger charge is 2.18. The van der Waals surface area contributed by atoms with Crippen molar-refractivity contribution in [1.29, 1.82) is 0 Å². The van der Waals surface area contributed by atoms with Crippen molar-refractivity contribution < 1.29 is 0 Å². The van der Waals surface area contributed by atoms with Crippen LogP contribution in [0.15, 0.2) is 48.8 Å². The van der Waals surface area contributed by atoms with Gasteiger partial charge in [-0.15, -0.1) is 0 Å². The molecule has 0 saturated heterocycles. The molecule has 1 aliphatic rings. The first-order valence-electron chi connectivity index (χ1n) is 10.1. The maximum absolute atomic E-state index is 4.87. The summed E-state index contributed by atoms with van der Waals surface area (Å²) < 4.78 is 2.02. The van der Waals surface area contributed by atoms with Crippen LogP contribution in [0.2, 0.25) is 0 Å². The van der Waals surface area contributed by atoms with E-state index in [1.807, 2.05) is 11.6 Å². The van der Waals surface area contributed by atoms with E-state index in [0.29, 0.717) is 6.54 Å². The fraction of sp³-hybridized carbons (Fsp3) is 0.333. The molecule has 0 bridgehead atoms. The second-order valence-electron chi connectivity index (χ2n) is 8.11. The van der Waals surface area contributed by atoms with Gasteiger partial charge >= 0.3 is 0 Å². The van der Waals surface area contributed by atoms with Gasteiger partial charge in [-0.1, -0.05) is 23.8 Å². The van der Waals surface area contributed by atoms with Crippen molar-refractivity contribution in [2.24, 2.45) is 0 Å². The normalized spacial score (nSPS) is 13.6. The SMILES string of the molecule is Cc1cc(C)c(N2C=CN(Cc3cccc(Cn4nc(C)cc4C)n3)C2)c(C)c1. The lowest BCUT2D eigenvalue weighted by molar-refractivity contribution is 0.394. The topological polar surface area (TPSA) is 37.2 Å². The van der Waals surface area contributed by atoms with Crippen LogP contribution in [0.3, 0.4) is 0 Å².